The molecule has 1 atom stereocenters. The fraction of sp³-hybridized carbons (Fsp3) is 0.250. The standard InChI is InChI=1S/C16H14F3NO/c1-10-5-6-12-9-15(20-14(12)7-10)11-3-2-4-13(8-11)21-16(17,18)19/h2-8,15,20H,9H2,1H3. The topological polar surface area (TPSA) is 21.3 Å². The summed E-state index contributed by atoms with van der Waals surface area (Å²) in [7, 11) is 0. The van der Waals surface area contributed by atoms with Crippen LogP contribution in [0.25, 0.3) is 0 Å². The summed E-state index contributed by atoms with van der Waals surface area (Å²) < 4.78 is 40.8. The molecule has 1 N–H and O–H groups in total. The highest BCUT2D eigenvalue weighted by Crippen LogP contribution is 2.36. The molecule has 2 aromatic carbocycles. The van der Waals surface area contributed by atoms with Gasteiger partial charge in [0.1, 0.15) is 5.75 Å². The Morgan fingerprint density at radius 1 is 1.14 bits per heavy atom. The van der Waals surface area contributed by atoms with Gasteiger partial charge in [0, 0.05) is 5.69 Å². The molecule has 0 amide bonds. The van der Waals surface area contributed by atoms with E-state index >= 15 is 0 Å². The summed E-state index contributed by atoms with van der Waals surface area (Å²) in [5.74, 6) is -0.186. The largest absolute Gasteiger partial charge is 0.573 e. The van der Waals surface area contributed by atoms with Crippen LogP contribution < -0.4 is 10.1 Å². The fourth-order valence-electron chi connectivity index (χ4n) is 2.59. The minimum Gasteiger partial charge on any atom is -0.406 e. The molecule has 1 aliphatic heterocycles. The molecule has 110 valence electrons. The highest BCUT2D eigenvalue weighted by Gasteiger charge is 2.31. The van der Waals surface area contributed by atoms with Crippen LogP contribution in [-0.4, -0.2) is 6.36 Å². The Hall–Kier alpha value is -2.17. The SMILES string of the molecule is Cc1ccc2c(c1)NC(c1cccc(OC(F)(F)F)c1)C2. The summed E-state index contributed by atoms with van der Waals surface area (Å²) in [4.78, 5) is 0. The van der Waals surface area contributed by atoms with Crippen LogP contribution in [0.1, 0.15) is 22.7 Å². The first-order chi connectivity index (χ1) is 9.90. The van der Waals surface area contributed by atoms with E-state index in [2.05, 4.69) is 10.1 Å². The van der Waals surface area contributed by atoms with Crippen LogP contribution >= 0.6 is 0 Å². The third kappa shape index (κ3) is 3.12. The average molecular weight is 293 g/mol. The molecule has 2 aromatic rings. The Morgan fingerprint density at radius 3 is 2.71 bits per heavy atom. The lowest BCUT2D eigenvalue weighted by atomic mass is 10.0. The van der Waals surface area contributed by atoms with Crippen LogP contribution in [0.5, 0.6) is 5.75 Å². The van der Waals surface area contributed by atoms with Crippen molar-refractivity contribution >= 4 is 5.69 Å². The van der Waals surface area contributed by atoms with Crippen molar-refractivity contribution in [2.75, 3.05) is 5.32 Å². The third-order valence-corrected chi connectivity index (χ3v) is 3.51. The Balaban J connectivity index is 1.82. The zero-order chi connectivity index (χ0) is 15.0. The molecule has 2 nitrogen and oxygen atoms in total. The van der Waals surface area contributed by atoms with Crippen molar-refractivity contribution in [3.63, 3.8) is 0 Å². The second-order valence-corrected chi connectivity index (χ2v) is 5.18. The molecule has 0 fully saturated rings. The molecular formula is C16H14F3NO. The number of hydrogen-bond donors (Lipinski definition) is 1. The predicted octanol–water partition coefficient (Wildman–Crippen LogP) is 4.60. The van der Waals surface area contributed by atoms with Gasteiger partial charge in [0.2, 0.25) is 0 Å². The summed E-state index contributed by atoms with van der Waals surface area (Å²) in [6.07, 6.45) is -3.91. The van der Waals surface area contributed by atoms with Gasteiger partial charge >= 0.3 is 6.36 Å². The number of hydrogen-bond acceptors (Lipinski definition) is 2. The molecule has 0 aromatic heterocycles. The number of nitrogens with one attached hydrogen (secondary N) is 1. The number of rotatable bonds is 2. The van der Waals surface area contributed by atoms with Gasteiger partial charge < -0.3 is 10.1 Å². The fourth-order valence-corrected chi connectivity index (χ4v) is 2.59. The minimum absolute atomic E-state index is 0.0291. The Bertz CT molecular complexity index is 667. The van der Waals surface area contributed by atoms with Crippen LogP contribution in [-0.2, 0) is 6.42 Å². The van der Waals surface area contributed by atoms with Crippen LogP contribution in [0, 0.1) is 6.92 Å². The summed E-state index contributed by atoms with van der Waals surface area (Å²) in [6, 6.07) is 12.2. The van der Waals surface area contributed by atoms with Crippen LogP contribution in [0.15, 0.2) is 42.5 Å². The van der Waals surface area contributed by atoms with Gasteiger partial charge in [-0.25, -0.2) is 0 Å². The third-order valence-electron chi connectivity index (χ3n) is 3.51. The van der Waals surface area contributed by atoms with E-state index in [9.17, 15) is 13.2 Å². The lowest BCUT2D eigenvalue weighted by Crippen LogP contribution is -2.17. The Labute approximate surface area is 120 Å². The molecule has 0 radical (unpaired) electrons. The summed E-state index contributed by atoms with van der Waals surface area (Å²) in [5, 5.41) is 3.34. The van der Waals surface area contributed by atoms with Crippen molar-refractivity contribution in [2.45, 2.75) is 25.7 Å². The van der Waals surface area contributed by atoms with Gasteiger partial charge in [-0.3, -0.25) is 0 Å². The molecule has 5 heteroatoms. The van der Waals surface area contributed by atoms with E-state index in [1.54, 1.807) is 12.1 Å². The number of aryl methyl sites for hydroxylation is 1. The van der Waals surface area contributed by atoms with Crippen molar-refractivity contribution in [3.05, 3.63) is 59.2 Å². The van der Waals surface area contributed by atoms with Gasteiger partial charge in [0.25, 0.3) is 0 Å². The summed E-state index contributed by atoms with van der Waals surface area (Å²) in [5.41, 5.74) is 4.15. The molecule has 21 heavy (non-hydrogen) atoms. The highest BCUT2D eigenvalue weighted by molar-refractivity contribution is 5.59. The molecule has 1 aliphatic rings. The van der Waals surface area contributed by atoms with Crippen LogP contribution in [0.3, 0.4) is 0 Å². The predicted molar refractivity (Wildman–Crippen MR) is 74.4 cm³/mol. The summed E-state index contributed by atoms with van der Waals surface area (Å²) in [6.45, 7) is 2.01. The molecule has 1 unspecified atom stereocenters. The van der Waals surface area contributed by atoms with E-state index in [1.165, 1.54) is 17.7 Å². The van der Waals surface area contributed by atoms with Crippen molar-refractivity contribution < 1.29 is 17.9 Å². The zero-order valence-corrected chi connectivity index (χ0v) is 11.4. The molecule has 3 rings (SSSR count). The molecule has 0 bridgehead atoms. The molecule has 0 saturated carbocycles. The van der Waals surface area contributed by atoms with Crippen molar-refractivity contribution in [2.24, 2.45) is 0 Å². The van der Waals surface area contributed by atoms with E-state index in [0.29, 0.717) is 0 Å². The molecule has 0 aliphatic carbocycles. The van der Waals surface area contributed by atoms with Crippen molar-refractivity contribution in [3.8, 4) is 5.75 Å². The molecule has 1 heterocycles. The number of alkyl halides is 3. The number of anilines is 1. The van der Waals surface area contributed by atoms with Gasteiger partial charge in [0.05, 0.1) is 6.04 Å². The van der Waals surface area contributed by atoms with Crippen molar-refractivity contribution in [1.29, 1.82) is 0 Å². The number of halogens is 3. The van der Waals surface area contributed by atoms with Gasteiger partial charge in [-0.15, -0.1) is 13.2 Å². The lowest BCUT2D eigenvalue weighted by molar-refractivity contribution is -0.274. The maximum atomic E-state index is 12.3. The first-order valence-corrected chi connectivity index (χ1v) is 6.62. The zero-order valence-electron chi connectivity index (χ0n) is 11.4. The first-order valence-electron chi connectivity index (χ1n) is 6.62. The maximum absolute atomic E-state index is 12.3. The van der Waals surface area contributed by atoms with E-state index in [1.807, 2.05) is 25.1 Å². The normalized spacial score (nSPS) is 17.2. The second-order valence-electron chi connectivity index (χ2n) is 5.18. The number of ether oxygens (including phenoxy) is 1. The quantitative estimate of drug-likeness (QED) is 0.873. The molecular weight excluding hydrogens is 279 g/mol. The minimum atomic E-state index is -4.66. The monoisotopic (exact) mass is 293 g/mol. The van der Waals surface area contributed by atoms with E-state index in [4.69, 9.17) is 0 Å². The van der Waals surface area contributed by atoms with Gasteiger partial charge in [-0.1, -0.05) is 24.3 Å². The maximum Gasteiger partial charge on any atom is 0.573 e. The van der Waals surface area contributed by atoms with E-state index in [0.717, 1.165) is 23.2 Å². The summed E-state index contributed by atoms with van der Waals surface area (Å²) >= 11 is 0. The molecule has 0 spiro atoms. The van der Waals surface area contributed by atoms with Crippen LogP contribution in [0.4, 0.5) is 18.9 Å². The Morgan fingerprint density at radius 2 is 1.95 bits per heavy atom. The lowest BCUT2D eigenvalue weighted by Gasteiger charge is -2.14. The van der Waals surface area contributed by atoms with E-state index in [-0.39, 0.29) is 11.8 Å². The smallest absolute Gasteiger partial charge is 0.406 e. The Kier molecular flexibility index (Phi) is 3.27. The average Bonchev–Trinajstić information content (AvgIpc) is 2.80. The second kappa shape index (κ2) is 4.98. The van der Waals surface area contributed by atoms with Gasteiger partial charge in [0.15, 0.2) is 0 Å². The number of benzene rings is 2. The van der Waals surface area contributed by atoms with Gasteiger partial charge in [-0.2, -0.15) is 0 Å². The first kappa shape index (κ1) is 13.8. The van der Waals surface area contributed by atoms with Crippen molar-refractivity contribution in [1.82, 2.24) is 0 Å². The van der Waals surface area contributed by atoms with E-state index < -0.39 is 6.36 Å². The molecule has 0 saturated heterocycles. The highest BCUT2D eigenvalue weighted by atomic mass is 19.4. The van der Waals surface area contributed by atoms with Gasteiger partial charge in [-0.05, 0) is 48.2 Å². The van der Waals surface area contributed by atoms with Crippen LogP contribution in [0.2, 0.25) is 0 Å². The number of fused-ring (bicyclic) bond motifs is 1.